The highest BCUT2D eigenvalue weighted by molar-refractivity contribution is 5.91. The van der Waals surface area contributed by atoms with Crippen LogP contribution in [0.25, 0.3) is 0 Å². The molecule has 0 spiro atoms. The van der Waals surface area contributed by atoms with Crippen LogP contribution in [0, 0.1) is 5.82 Å². The average molecular weight is 263 g/mol. The summed E-state index contributed by atoms with van der Waals surface area (Å²) in [6.45, 7) is 0.669. The lowest BCUT2D eigenvalue weighted by molar-refractivity contribution is 0.0742. The zero-order valence-electron chi connectivity index (χ0n) is 10.5. The third kappa shape index (κ3) is 3.58. The molecule has 2 rings (SSSR count). The number of halogens is 1. The number of nitrogens with zero attached hydrogens (tertiary/aromatic N) is 1. The summed E-state index contributed by atoms with van der Waals surface area (Å²) >= 11 is 0. The number of carbonyl (C=O) groups is 1. The number of ether oxygens (including phenoxy) is 1. The fourth-order valence-electron chi connectivity index (χ4n) is 1.55. The standard InChI is InChI=1S/C14H14FNO3/c1-16(14(17)13-6-3-8-19-13)7-9-18-12-5-2-4-11(15)10-12/h2-6,8,10H,7,9H2,1H3. The number of likely N-dealkylation sites (N-methyl/N-ethyl adjacent to an activating group) is 1. The van der Waals surface area contributed by atoms with Crippen molar-refractivity contribution in [3.8, 4) is 5.75 Å². The predicted molar refractivity (Wildman–Crippen MR) is 67.6 cm³/mol. The molecule has 1 aromatic carbocycles. The fourth-order valence-corrected chi connectivity index (χ4v) is 1.55. The Labute approximate surface area is 110 Å². The molecular weight excluding hydrogens is 249 g/mol. The molecule has 0 saturated carbocycles. The third-order valence-electron chi connectivity index (χ3n) is 2.57. The highest BCUT2D eigenvalue weighted by Crippen LogP contribution is 2.12. The normalized spacial score (nSPS) is 10.2. The van der Waals surface area contributed by atoms with Crippen LogP contribution in [0.4, 0.5) is 4.39 Å². The van der Waals surface area contributed by atoms with Crippen LogP contribution >= 0.6 is 0 Å². The molecule has 0 aliphatic heterocycles. The van der Waals surface area contributed by atoms with E-state index in [1.807, 2.05) is 0 Å². The number of amides is 1. The van der Waals surface area contributed by atoms with Crippen molar-refractivity contribution in [1.82, 2.24) is 4.90 Å². The van der Waals surface area contributed by atoms with Crippen LogP contribution in [0.5, 0.6) is 5.75 Å². The van der Waals surface area contributed by atoms with Crippen molar-refractivity contribution < 1.29 is 18.3 Å². The smallest absolute Gasteiger partial charge is 0.289 e. The molecule has 5 heteroatoms. The van der Waals surface area contributed by atoms with E-state index in [1.165, 1.54) is 23.3 Å². The fraction of sp³-hybridized carbons (Fsp3) is 0.214. The summed E-state index contributed by atoms with van der Waals surface area (Å²) in [6.07, 6.45) is 1.45. The van der Waals surface area contributed by atoms with Crippen LogP contribution in [0.2, 0.25) is 0 Å². The lowest BCUT2D eigenvalue weighted by Gasteiger charge is -2.16. The first-order chi connectivity index (χ1) is 9.16. The maximum Gasteiger partial charge on any atom is 0.289 e. The second-order valence-corrected chi connectivity index (χ2v) is 4.01. The van der Waals surface area contributed by atoms with Crippen LogP contribution in [0.1, 0.15) is 10.6 Å². The van der Waals surface area contributed by atoms with Gasteiger partial charge in [0.2, 0.25) is 0 Å². The van der Waals surface area contributed by atoms with Gasteiger partial charge in [0.05, 0.1) is 12.8 Å². The van der Waals surface area contributed by atoms with Crippen molar-refractivity contribution in [2.45, 2.75) is 0 Å². The summed E-state index contributed by atoms with van der Waals surface area (Å²) in [6, 6.07) is 9.14. The predicted octanol–water partition coefficient (Wildman–Crippen LogP) is 2.57. The van der Waals surface area contributed by atoms with Crippen molar-refractivity contribution in [2.75, 3.05) is 20.2 Å². The van der Waals surface area contributed by atoms with E-state index in [4.69, 9.17) is 9.15 Å². The van der Waals surface area contributed by atoms with E-state index in [0.717, 1.165) is 0 Å². The molecule has 19 heavy (non-hydrogen) atoms. The topological polar surface area (TPSA) is 42.7 Å². The molecule has 0 radical (unpaired) electrons. The summed E-state index contributed by atoms with van der Waals surface area (Å²) in [4.78, 5) is 13.3. The molecule has 1 amide bonds. The zero-order valence-corrected chi connectivity index (χ0v) is 10.5. The monoisotopic (exact) mass is 263 g/mol. The first-order valence-corrected chi connectivity index (χ1v) is 5.84. The van der Waals surface area contributed by atoms with E-state index in [9.17, 15) is 9.18 Å². The van der Waals surface area contributed by atoms with Gasteiger partial charge in [-0.1, -0.05) is 6.07 Å². The van der Waals surface area contributed by atoms with E-state index in [1.54, 1.807) is 31.3 Å². The Morgan fingerprint density at radius 3 is 2.89 bits per heavy atom. The molecule has 0 fully saturated rings. The van der Waals surface area contributed by atoms with E-state index in [-0.39, 0.29) is 24.1 Å². The molecule has 0 atom stereocenters. The number of hydrogen-bond donors (Lipinski definition) is 0. The minimum atomic E-state index is -0.350. The van der Waals surface area contributed by atoms with E-state index in [0.29, 0.717) is 12.3 Å². The van der Waals surface area contributed by atoms with Gasteiger partial charge in [0.1, 0.15) is 18.2 Å². The third-order valence-corrected chi connectivity index (χ3v) is 2.57. The molecule has 1 heterocycles. The average Bonchev–Trinajstić information content (AvgIpc) is 2.91. The van der Waals surface area contributed by atoms with Crippen molar-refractivity contribution in [3.05, 3.63) is 54.2 Å². The summed E-state index contributed by atoms with van der Waals surface area (Å²) in [5.74, 6) is 0.164. The zero-order chi connectivity index (χ0) is 13.7. The van der Waals surface area contributed by atoms with Gasteiger partial charge in [0.25, 0.3) is 5.91 Å². The maximum atomic E-state index is 12.9. The molecule has 0 N–H and O–H groups in total. The Kier molecular flexibility index (Phi) is 4.18. The van der Waals surface area contributed by atoms with Gasteiger partial charge >= 0.3 is 0 Å². The number of carbonyl (C=O) groups excluding carboxylic acids is 1. The highest BCUT2D eigenvalue weighted by atomic mass is 19.1. The Bertz CT molecular complexity index is 539. The van der Waals surface area contributed by atoms with Crippen LogP contribution < -0.4 is 4.74 Å². The summed E-state index contributed by atoms with van der Waals surface area (Å²) in [5, 5.41) is 0. The Balaban J connectivity index is 1.81. The van der Waals surface area contributed by atoms with E-state index in [2.05, 4.69) is 0 Å². The van der Waals surface area contributed by atoms with Crippen LogP contribution in [0.15, 0.2) is 47.1 Å². The lowest BCUT2D eigenvalue weighted by Crippen LogP contribution is -2.30. The molecule has 0 unspecified atom stereocenters. The van der Waals surface area contributed by atoms with E-state index >= 15 is 0 Å². The van der Waals surface area contributed by atoms with Crippen molar-refractivity contribution in [2.24, 2.45) is 0 Å². The molecule has 0 aliphatic carbocycles. The van der Waals surface area contributed by atoms with Gasteiger partial charge in [-0.15, -0.1) is 0 Å². The largest absolute Gasteiger partial charge is 0.492 e. The Morgan fingerprint density at radius 1 is 1.37 bits per heavy atom. The molecule has 0 aliphatic rings. The Hall–Kier alpha value is -2.30. The SMILES string of the molecule is CN(CCOc1cccc(F)c1)C(=O)c1ccco1. The minimum absolute atomic E-state index is 0.215. The van der Waals surface area contributed by atoms with Gasteiger partial charge in [0.15, 0.2) is 5.76 Å². The summed E-state index contributed by atoms with van der Waals surface area (Å²) in [5.41, 5.74) is 0. The van der Waals surface area contributed by atoms with Gasteiger partial charge in [-0.25, -0.2) is 4.39 Å². The molecule has 100 valence electrons. The molecule has 4 nitrogen and oxygen atoms in total. The summed E-state index contributed by atoms with van der Waals surface area (Å²) < 4.78 is 23.3. The second-order valence-electron chi connectivity index (χ2n) is 4.01. The molecular formula is C14H14FNO3. The van der Waals surface area contributed by atoms with Gasteiger partial charge < -0.3 is 14.1 Å². The van der Waals surface area contributed by atoms with Crippen LogP contribution in [-0.4, -0.2) is 31.0 Å². The highest BCUT2D eigenvalue weighted by Gasteiger charge is 2.13. The quantitative estimate of drug-likeness (QED) is 0.832. The van der Waals surface area contributed by atoms with Crippen molar-refractivity contribution in [3.63, 3.8) is 0 Å². The lowest BCUT2D eigenvalue weighted by atomic mass is 10.3. The molecule has 1 aromatic heterocycles. The first kappa shape index (κ1) is 13.1. The number of furan rings is 1. The molecule has 0 bridgehead atoms. The van der Waals surface area contributed by atoms with Gasteiger partial charge in [-0.3, -0.25) is 4.79 Å². The van der Waals surface area contributed by atoms with Gasteiger partial charge in [0, 0.05) is 13.1 Å². The number of hydrogen-bond acceptors (Lipinski definition) is 3. The number of benzene rings is 1. The number of rotatable bonds is 5. The van der Waals surface area contributed by atoms with Gasteiger partial charge in [-0.2, -0.15) is 0 Å². The minimum Gasteiger partial charge on any atom is -0.492 e. The second kappa shape index (κ2) is 6.04. The maximum absolute atomic E-state index is 12.9. The van der Waals surface area contributed by atoms with E-state index < -0.39 is 0 Å². The summed E-state index contributed by atoms with van der Waals surface area (Å²) in [7, 11) is 1.65. The van der Waals surface area contributed by atoms with Crippen LogP contribution in [-0.2, 0) is 0 Å². The van der Waals surface area contributed by atoms with Crippen molar-refractivity contribution in [1.29, 1.82) is 0 Å². The molecule has 2 aromatic rings. The van der Waals surface area contributed by atoms with Gasteiger partial charge in [-0.05, 0) is 24.3 Å². The molecule has 0 saturated heterocycles. The van der Waals surface area contributed by atoms with Crippen LogP contribution in [0.3, 0.4) is 0 Å². The first-order valence-electron chi connectivity index (χ1n) is 5.84. The van der Waals surface area contributed by atoms with Crippen molar-refractivity contribution >= 4 is 5.91 Å². The Morgan fingerprint density at radius 2 is 2.21 bits per heavy atom.